The van der Waals surface area contributed by atoms with E-state index >= 15 is 0 Å². The molecule has 2 aromatic heterocycles. The van der Waals surface area contributed by atoms with Crippen LogP contribution in [0.1, 0.15) is 24.8 Å². The second kappa shape index (κ2) is 8.91. The van der Waals surface area contributed by atoms with E-state index in [1.165, 1.54) is 0 Å². The van der Waals surface area contributed by atoms with Crippen LogP contribution in [-0.4, -0.2) is 69.2 Å². The Balaban J connectivity index is 1.45. The molecule has 0 spiro atoms. The summed E-state index contributed by atoms with van der Waals surface area (Å²) in [6, 6.07) is 17.6. The number of aromatic nitrogens is 3. The first-order chi connectivity index (χ1) is 16.4. The quantitative estimate of drug-likeness (QED) is 0.470. The van der Waals surface area contributed by atoms with Crippen molar-refractivity contribution in [3.05, 3.63) is 66.4 Å². The molecular formula is C27H29N5O2. The van der Waals surface area contributed by atoms with Crippen molar-refractivity contribution in [2.24, 2.45) is 0 Å². The number of fused-ring (bicyclic) bond motifs is 1. The minimum atomic E-state index is -0.238. The molecule has 174 valence electrons. The van der Waals surface area contributed by atoms with Crippen molar-refractivity contribution in [1.29, 1.82) is 0 Å². The number of benzene rings is 2. The van der Waals surface area contributed by atoms with Gasteiger partial charge in [-0.25, -0.2) is 4.98 Å². The maximum Gasteiger partial charge on any atom is 0.229 e. The molecule has 2 atom stereocenters. The molecule has 3 heterocycles. The Morgan fingerprint density at radius 1 is 1.18 bits per heavy atom. The van der Waals surface area contributed by atoms with E-state index in [2.05, 4.69) is 33.2 Å². The minimum Gasteiger partial charge on any atom is -0.507 e. The first-order valence-electron chi connectivity index (χ1n) is 11.6. The van der Waals surface area contributed by atoms with Crippen LogP contribution in [0.15, 0.2) is 60.8 Å². The first-order valence-corrected chi connectivity index (χ1v) is 11.6. The third kappa shape index (κ3) is 4.03. The zero-order valence-electron chi connectivity index (χ0n) is 19.7. The lowest BCUT2D eigenvalue weighted by atomic mass is 9.95. The van der Waals surface area contributed by atoms with Crippen LogP contribution in [-0.2, 0) is 4.79 Å². The predicted molar refractivity (Wildman–Crippen MR) is 134 cm³/mol. The molecule has 4 aromatic rings. The lowest BCUT2D eigenvalue weighted by molar-refractivity contribution is -0.133. The molecule has 2 N–H and O–H groups in total. The van der Waals surface area contributed by atoms with Gasteiger partial charge < -0.3 is 14.9 Å². The van der Waals surface area contributed by atoms with Gasteiger partial charge in [0.15, 0.2) is 5.65 Å². The number of H-pyrrole nitrogens is 1. The summed E-state index contributed by atoms with van der Waals surface area (Å²) >= 11 is 0. The Kier molecular flexibility index (Phi) is 5.79. The van der Waals surface area contributed by atoms with Gasteiger partial charge in [-0.1, -0.05) is 36.4 Å². The molecule has 0 radical (unpaired) electrons. The number of aromatic amines is 1. The summed E-state index contributed by atoms with van der Waals surface area (Å²) < 4.78 is 0. The van der Waals surface area contributed by atoms with Crippen LogP contribution in [0.5, 0.6) is 5.75 Å². The van der Waals surface area contributed by atoms with E-state index in [1.807, 2.05) is 55.3 Å². The number of nitrogens with one attached hydrogen (secondary N) is 1. The number of phenols is 1. The number of hydrogen-bond acceptors (Lipinski definition) is 5. The van der Waals surface area contributed by atoms with E-state index in [4.69, 9.17) is 0 Å². The number of likely N-dealkylation sites (tertiary alicyclic amines) is 1. The number of amides is 1. The number of hydrogen-bond donors (Lipinski definition) is 2. The Morgan fingerprint density at radius 2 is 2.00 bits per heavy atom. The average molecular weight is 456 g/mol. The number of pyridine rings is 1. The Hall–Kier alpha value is -3.71. The molecule has 1 aliphatic rings. The fourth-order valence-corrected chi connectivity index (χ4v) is 4.79. The highest BCUT2D eigenvalue weighted by molar-refractivity contribution is 5.94. The van der Waals surface area contributed by atoms with Crippen molar-refractivity contribution in [2.45, 2.75) is 25.3 Å². The van der Waals surface area contributed by atoms with Crippen LogP contribution in [0.4, 0.5) is 0 Å². The second-order valence-corrected chi connectivity index (χ2v) is 9.21. The van der Waals surface area contributed by atoms with Crippen molar-refractivity contribution < 1.29 is 9.90 Å². The highest BCUT2D eigenvalue weighted by Crippen LogP contribution is 2.34. The molecule has 2 aromatic carbocycles. The summed E-state index contributed by atoms with van der Waals surface area (Å²) in [5.74, 6) is 0.0892. The molecule has 1 saturated heterocycles. The third-order valence-electron chi connectivity index (χ3n) is 6.94. The number of carbonyl (C=O) groups is 1. The van der Waals surface area contributed by atoms with E-state index in [9.17, 15) is 9.90 Å². The summed E-state index contributed by atoms with van der Waals surface area (Å²) in [5, 5.41) is 18.5. The molecule has 1 amide bonds. The van der Waals surface area contributed by atoms with E-state index in [0.29, 0.717) is 11.2 Å². The van der Waals surface area contributed by atoms with Crippen LogP contribution >= 0.6 is 0 Å². The van der Waals surface area contributed by atoms with Crippen LogP contribution < -0.4 is 0 Å². The second-order valence-electron chi connectivity index (χ2n) is 9.21. The van der Waals surface area contributed by atoms with E-state index in [-0.39, 0.29) is 23.6 Å². The minimum absolute atomic E-state index is 0.141. The number of nitrogens with zero attached hydrogens (tertiary/aromatic N) is 4. The van der Waals surface area contributed by atoms with Gasteiger partial charge in [0.1, 0.15) is 5.75 Å². The highest BCUT2D eigenvalue weighted by Gasteiger charge is 2.29. The van der Waals surface area contributed by atoms with E-state index in [1.54, 1.807) is 18.3 Å². The van der Waals surface area contributed by atoms with Gasteiger partial charge in [0.2, 0.25) is 5.91 Å². The van der Waals surface area contributed by atoms with Crippen molar-refractivity contribution >= 4 is 16.9 Å². The lowest BCUT2D eigenvalue weighted by Gasteiger charge is -2.27. The first kappa shape index (κ1) is 22.1. The molecule has 0 saturated carbocycles. The van der Waals surface area contributed by atoms with Gasteiger partial charge in [-0.2, -0.15) is 5.10 Å². The van der Waals surface area contributed by atoms with Gasteiger partial charge in [0.25, 0.3) is 0 Å². The third-order valence-corrected chi connectivity index (χ3v) is 6.94. The SMILES string of the molecule is CC(C(=O)N(C)C1CCN(C)C1)c1cccc(-c2cnc3n[nH]c(-c4ccccc4O)c3c2)c1. The zero-order valence-corrected chi connectivity index (χ0v) is 19.7. The van der Waals surface area contributed by atoms with Gasteiger partial charge in [-0.05, 0) is 56.3 Å². The predicted octanol–water partition coefficient (Wildman–Crippen LogP) is 4.26. The summed E-state index contributed by atoms with van der Waals surface area (Å²) in [6.07, 6.45) is 2.81. The lowest BCUT2D eigenvalue weighted by Crippen LogP contribution is -2.40. The topological polar surface area (TPSA) is 85.4 Å². The molecule has 7 nitrogen and oxygen atoms in total. The fraction of sp³-hybridized carbons (Fsp3) is 0.296. The number of phenolic OH excluding ortho intramolecular Hbond substituents is 1. The number of aromatic hydroxyl groups is 1. The monoisotopic (exact) mass is 455 g/mol. The molecule has 2 unspecified atom stereocenters. The normalized spacial score (nSPS) is 17.2. The highest BCUT2D eigenvalue weighted by atomic mass is 16.3. The number of carbonyl (C=O) groups excluding carboxylic acids is 1. The molecule has 7 heteroatoms. The summed E-state index contributed by atoms with van der Waals surface area (Å²) in [4.78, 5) is 21.9. The summed E-state index contributed by atoms with van der Waals surface area (Å²) in [7, 11) is 4.02. The smallest absolute Gasteiger partial charge is 0.229 e. The summed E-state index contributed by atoms with van der Waals surface area (Å²) in [6.45, 7) is 3.92. The molecule has 1 aliphatic heterocycles. The van der Waals surface area contributed by atoms with Crippen LogP contribution in [0.3, 0.4) is 0 Å². The molecule has 34 heavy (non-hydrogen) atoms. The zero-order chi connectivity index (χ0) is 23.8. The van der Waals surface area contributed by atoms with Gasteiger partial charge >= 0.3 is 0 Å². The molecule has 1 fully saturated rings. The number of likely N-dealkylation sites (N-methyl/N-ethyl adjacent to an activating group) is 2. The molecule has 0 bridgehead atoms. The van der Waals surface area contributed by atoms with Gasteiger partial charge in [0.05, 0.1) is 11.6 Å². The van der Waals surface area contributed by atoms with E-state index < -0.39 is 0 Å². The van der Waals surface area contributed by atoms with Gasteiger partial charge in [0, 0.05) is 42.3 Å². The van der Waals surface area contributed by atoms with Crippen LogP contribution in [0.25, 0.3) is 33.4 Å². The maximum absolute atomic E-state index is 13.2. The van der Waals surface area contributed by atoms with Crippen LogP contribution in [0.2, 0.25) is 0 Å². The Labute approximate surface area is 199 Å². The van der Waals surface area contributed by atoms with Crippen molar-refractivity contribution in [2.75, 3.05) is 27.2 Å². The summed E-state index contributed by atoms with van der Waals surface area (Å²) in [5.41, 5.74) is 4.89. The average Bonchev–Trinajstić information content (AvgIpc) is 3.49. The van der Waals surface area contributed by atoms with E-state index in [0.717, 1.165) is 47.3 Å². The van der Waals surface area contributed by atoms with Crippen molar-refractivity contribution in [3.63, 3.8) is 0 Å². The molecular weight excluding hydrogens is 426 g/mol. The Bertz CT molecular complexity index is 1350. The van der Waals surface area contributed by atoms with Crippen molar-refractivity contribution in [1.82, 2.24) is 25.0 Å². The maximum atomic E-state index is 13.2. The van der Waals surface area contributed by atoms with Crippen molar-refractivity contribution in [3.8, 4) is 28.1 Å². The largest absolute Gasteiger partial charge is 0.507 e. The molecule has 0 aliphatic carbocycles. The van der Waals surface area contributed by atoms with Gasteiger partial charge in [-0.3, -0.25) is 9.89 Å². The number of rotatable bonds is 5. The van der Waals surface area contributed by atoms with Crippen LogP contribution in [0, 0.1) is 0 Å². The Morgan fingerprint density at radius 3 is 2.76 bits per heavy atom. The van der Waals surface area contributed by atoms with Gasteiger partial charge in [-0.15, -0.1) is 0 Å². The standard InChI is InChI=1S/C27H29N5O2/c1-17(27(34)32(3)21-11-12-31(2)16-21)18-7-6-8-19(13-18)20-14-23-25(29-30-26(23)28-15-20)22-9-4-5-10-24(22)33/h4-10,13-15,17,21,33H,11-12,16H2,1-3H3,(H,28,29,30). The number of para-hydroxylation sites is 1. The fourth-order valence-electron chi connectivity index (χ4n) is 4.79. The molecule has 5 rings (SSSR count).